The third-order valence-electron chi connectivity index (χ3n) is 5.16. The Kier molecular flexibility index (Phi) is 6.08. The molecule has 0 N–H and O–H groups in total. The van der Waals surface area contributed by atoms with E-state index in [1.807, 2.05) is 87.5 Å². The summed E-state index contributed by atoms with van der Waals surface area (Å²) in [7, 11) is 0. The minimum Gasteiger partial charge on any atom is -0.493 e. The van der Waals surface area contributed by atoms with Crippen molar-refractivity contribution in [2.24, 2.45) is 0 Å². The summed E-state index contributed by atoms with van der Waals surface area (Å²) in [6, 6.07) is 21.4. The molecule has 31 heavy (non-hydrogen) atoms. The van der Waals surface area contributed by atoms with E-state index in [9.17, 15) is 4.79 Å². The summed E-state index contributed by atoms with van der Waals surface area (Å²) in [6.45, 7) is 6.80. The van der Waals surface area contributed by atoms with Crippen LogP contribution >= 0.6 is 0 Å². The van der Waals surface area contributed by atoms with Crippen LogP contribution in [-0.2, 0) is 0 Å². The lowest BCUT2D eigenvalue weighted by molar-refractivity contribution is 0.244. The lowest BCUT2D eigenvalue weighted by atomic mass is 10.0. The minimum atomic E-state index is -0.140. The SMILES string of the molecule is Cc1ccc(-c2oc3cc(C)cc(C)c3c(=O)c2OCCCOc2ccccc2)cc1. The summed E-state index contributed by atoms with van der Waals surface area (Å²) in [5.74, 6) is 1.54. The van der Waals surface area contributed by atoms with E-state index in [-0.39, 0.29) is 11.2 Å². The number of rotatable bonds is 7. The summed E-state index contributed by atoms with van der Waals surface area (Å²) >= 11 is 0. The maximum Gasteiger partial charge on any atom is 0.235 e. The molecule has 0 amide bonds. The monoisotopic (exact) mass is 414 g/mol. The summed E-state index contributed by atoms with van der Waals surface area (Å²) in [6.07, 6.45) is 0.645. The highest BCUT2D eigenvalue weighted by Gasteiger charge is 2.19. The number of ether oxygens (including phenoxy) is 2. The van der Waals surface area contributed by atoms with Gasteiger partial charge in [0.05, 0.1) is 18.6 Å². The molecule has 0 atom stereocenters. The van der Waals surface area contributed by atoms with E-state index in [1.165, 1.54) is 0 Å². The fourth-order valence-corrected chi connectivity index (χ4v) is 3.64. The van der Waals surface area contributed by atoms with Crippen LogP contribution in [0, 0.1) is 20.8 Å². The molecular weight excluding hydrogens is 388 g/mol. The Balaban J connectivity index is 1.63. The van der Waals surface area contributed by atoms with Gasteiger partial charge in [0.1, 0.15) is 11.3 Å². The molecule has 0 aliphatic rings. The smallest absolute Gasteiger partial charge is 0.235 e. The molecule has 0 unspecified atom stereocenters. The molecular formula is C27H26O4. The van der Waals surface area contributed by atoms with Crippen LogP contribution in [0.5, 0.6) is 11.5 Å². The average Bonchev–Trinajstić information content (AvgIpc) is 2.75. The second-order valence-electron chi connectivity index (χ2n) is 7.77. The molecule has 4 aromatic rings. The Morgan fingerprint density at radius 1 is 0.806 bits per heavy atom. The van der Waals surface area contributed by atoms with Crippen molar-refractivity contribution in [3.63, 3.8) is 0 Å². The standard InChI is InChI=1S/C27H26O4/c1-18-10-12-21(13-11-18)26-27(30-15-7-14-29-22-8-5-4-6-9-22)25(28)24-20(3)16-19(2)17-23(24)31-26/h4-6,8-13,16-17H,7,14-15H2,1-3H3. The zero-order chi connectivity index (χ0) is 21.8. The largest absolute Gasteiger partial charge is 0.493 e. The molecule has 0 bridgehead atoms. The van der Waals surface area contributed by atoms with Gasteiger partial charge in [-0.2, -0.15) is 0 Å². The Morgan fingerprint density at radius 3 is 2.26 bits per heavy atom. The number of hydrogen-bond acceptors (Lipinski definition) is 4. The summed E-state index contributed by atoms with van der Waals surface area (Å²) in [5, 5.41) is 0.567. The predicted molar refractivity (Wildman–Crippen MR) is 124 cm³/mol. The minimum absolute atomic E-state index is 0.140. The molecule has 4 heteroatoms. The molecule has 4 nitrogen and oxygen atoms in total. The van der Waals surface area contributed by atoms with Crippen LogP contribution in [0.15, 0.2) is 75.9 Å². The molecule has 0 aliphatic carbocycles. The first kappa shape index (κ1) is 20.7. The third kappa shape index (κ3) is 4.64. The van der Waals surface area contributed by atoms with Gasteiger partial charge in [0.25, 0.3) is 0 Å². The molecule has 0 fully saturated rings. The molecule has 0 radical (unpaired) electrons. The molecule has 0 spiro atoms. The fourth-order valence-electron chi connectivity index (χ4n) is 3.64. The Labute approximate surface area is 182 Å². The van der Waals surface area contributed by atoms with Gasteiger partial charge in [0.15, 0.2) is 5.76 Å². The highest BCUT2D eigenvalue weighted by Crippen LogP contribution is 2.32. The molecule has 1 aromatic heterocycles. The molecule has 0 aliphatic heterocycles. The van der Waals surface area contributed by atoms with Gasteiger partial charge < -0.3 is 13.9 Å². The van der Waals surface area contributed by atoms with Crippen molar-refractivity contribution in [2.75, 3.05) is 13.2 Å². The summed E-state index contributed by atoms with van der Waals surface area (Å²) in [4.78, 5) is 13.4. The first-order valence-electron chi connectivity index (χ1n) is 10.5. The van der Waals surface area contributed by atoms with Crippen molar-refractivity contribution in [3.05, 3.63) is 93.6 Å². The van der Waals surface area contributed by atoms with Gasteiger partial charge in [-0.05, 0) is 50.1 Å². The molecule has 4 rings (SSSR count). The van der Waals surface area contributed by atoms with Crippen LogP contribution in [0.4, 0.5) is 0 Å². The van der Waals surface area contributed by atoms with Crippen molar-refractivity contribution in [1.29, 1.82) is 0 Å². The Bertz CT molecular complexity index is 1240. The van der Waals surface area contributed by atoms with Crippen LogP contribution in [0.3, 0.4) is 0 Å². The van der Waals surface area contributed by atoms with Gasteiger partial charge in [-0.25, -0.2) is 0 Å². The van der Waals surface area contributed by atoms with Gasteiger partial charge in [0.2, 0.25) is 11.2 Å². The van der Waals surface area contributed by atoms with Crippen molar-refractivity contribution in [1.82, 2.24) is 0 Å². The number of aryl methyl sites for hydroxylation is 3. The summed E-state index contributed by atoms with van der Waals surface area (Å²) in [5.41, 5.74) is 4.33. The molecule has 0 saturated carbocycles. The quantitative estimate of drug-likeness (QED) is 0.336. The third-order valence-corrected chi connectivity index (χ3v) is 5.16. The lowest BCUT2D eigenvalue weighted by Crippen LogP contribution is -2.13. The summed E-state index contributed by atoms with van der Waals surface area (Å²) < 4.78 is 18.0. The van der Waals surface area contributed by atoms with Gasteiger partial charge in [-0.15, -0.1) is 0 Å². The molecule has 3 aromatic carbocycles. The molecule has 0 saturated heterocycles. The number of para-hydroxylation sites is 1. The number of hydrogen-bond donors (Lipinski definition) is 0. The maximum atomic E-state index is 13.4. The van der Waals surface area contributed by atoms with Gasteiger partial charge in [-0.3, -0.25) is 4.79 Å². The zero-order valence-corrected chi connectivity index (χ0v) is 18.1. The highest BCUT2D eigenvalue weighted by atomic mass is 16.5. The van der Waals surface area contributed by atoms with E-state index in [0.29, 0.717) is 36.4 Å². The molecule has 1 heterocycles. The van der Waals surface area contributed by atoms with Crippen LogP contribution in [0.2, 0.25) is 0 Å². The average molecular weight is 415 g/mol. The van der Waals surface area contributed by atoms with Crippen LogP contribution in [0.25, 0.3) is 22.3 Å². The van der Waals surface area contributed by atoms with Gasteiger partial charge in [-0.1, -0.05) is 54.1 Å². The highest BCUT2D eigenvalue weighted by molar-refractivity contribution is 5.85. The van der Waals surface area contributed by atoms with Crippen molar-refractivity contribution < 1.29 is 13.9 Å². The van der Waals surface area contributed by atoms with E-state index in [0.717, 1.165) is 28.0 Å². The van der Waals surface area contributed by atoms with Crippen molar-refractivity contribution in [2.45, 2.75) is 27.2 Å². The van der Waals surface area contributed by atoms with Crippen molar-refractivity contribution >= 4 is 11.0 Å². The van der Waals surface area contributed by atoms with E-state index in [4.69, 9.17) is 13.9 Å². The first-order chi connectivity index (χ1) is 15.0. The number of fused-ring (bicyclic) bond motifs is 1. The van der Waals surface area contributed by atoms with Gasteiger partial charge in [0, 0.05) is 12.0 Å². The second kappa shape index (κ2) is 9.09. The Hall–Kier alpha value is -3.53. The Morgan fingerprint density at radius 2 is 1.52 bits per heavy atom. The first-order valence-corrected chi connectivity index (χ1v) is 10.5. The van der Waals surface area contributed by atoms with E-state index >= 15 is 0 Å². The fraction of sp³-hybridized carbons (Fsp3) is 0.222. The zero-order valence-electron chi connectivity index (χ0n) is 18.1. The maximum absolute atomic E-state index is 13.4. The van der Waals surface area contributed by atoms with Crippen LogP contribution in [0.1, 0.15) is 23.1 Å². The van der Waals surface area contributed by atoms with Crippen molar-refractivity contribution in [3.8, 4) is 22.8 Å². The van der Waals surface area contributed by atoms with Crippen LogP contribution < -0.4 is 14.9 Å². The normalized spacial score (nSPS) is 10.9. The topological polar surface area (TPSA) is 48.7 Å². The number of benzene rings is 3. The molecule has 158 valence electrons. The van der Waals surface area contributed by atoms with E-state index < -0.39 is 0 Å². The van der Waals surface area contributed by atoms with Crippen LogP contribution in [-0.4, -0.2) is 13.2 Å². The second-order valence-corrected chi connectivity index (χ2v) is 7.77. The lowest BCUT2D eigenvalue weighted by Gasteiger charge is -2.13. The predicted octanol–water partition coefficient (Wildman–Crippen LogP) is 6.23. The van der Waals surface area contributed by atoms with E-state index in [2.05, 4.69) is 0 Å². The van der Waals surface area contributed by atoms with E-state index in [1.54, 1.807) is 0 Å². The van der Waals surface area contributed by atoms with Gasteiger partial charge >= 0.3 is 0 Å².